The molecule has 1 N–H and O–H groups in total. The molecule has 3 rings (SSSR count). The molecular formula is C23H31N3O6S2. The Morgan fingerprint density at radius 1 is 1.09 bits per heavy atom. The molecule has 0 aliphatic carbocycles. The fourth-order valence-corrected chi connectivity index (χ4v) is 6.53. The molecule has 1 saturated heterocycles. The van der Waals surface area contributed by atoms with Crippen molar-refractivity contribution in [3.05, 3.63) is 47.5 Å². The Labute approximate surface area is 201 Å². The molecule has 0 spiro atoms. The first-order valence-electron chi connectivity index (χ1n) is 10.9. The van der Waals surface area contributed by atoms with Crippen LogP contribution in [0.1, 0.15) is 24.0 Å². The Morgan fingerprint density at radius 3 is 2.44 bits per heavy atom. The maximum atomic E-state index is 13.4. The molecule has 11 heteroatoms. The Hall–Kier alpha value is -2.47. The molecule has 0 saturated carbocycles. The number of hydrogen-bond donors (Lipinski definition) is 1. The van der Waals surface area contributed by atoms with Crippen LogP contribution < -0.4 is 10.1 Å². The lowest BCUT2D eigenvalue weighted by Gasteiger charge is -2.31. The van der Waals surface area contributed by atoms with Gasteiger partial charge in [0, 0.05) is 32.9 Å². The van der Waals surface area contributed by atoms with Gasteiger partial charge in [-0.05, 0) is 62.1 Å². The summed E-state index contributed by atoms with van der Waals surface area (Å²) in [6.45, 7) is 3.90. The number of ether oxygens (including phenoxy) is 1. The maximum absolute atomic E-state index is 13.4. The maximum Gasteiger partial charge on any atom is 0.246 e. The average molecular weight is 510 g/mol. The van der Waals surface area contributed by atoms with E-state index in [4.69, 9.17) is 4.74 Å². The third kappa shape index (κ3) is 5.27. The number of nitrogens with one attached hydrogen (secondary N) is 1. The zero-order chi connectivity index (χ0) is 25.3. The molecule has 2 aromatic rings. The molecule has 1 amide bonds. The summed E-state index contributed by atoms with van der Waals surface area (Å²) in [5.41, 5.74) is 1.87. The number of nitrogens with zero attached hydrogens (tertiary/aromatic N) is 2. The predicted molar refractivity (Wildman–Crippen MR) is 130 cm³/mol. The van der Waals surface area contributed by atoms with E-state index in [1.54, 1.807) is 38.1 Å². The summed E-state index contributed by atoms with van der Waals surface area (Å²) >= 11 is 0. The van der Waals surface area contributed by atoms with Gasteiger partial charge in [-0.25, -0.2) is 21.1 Å². The summed E-state index contributed by atoms with van der Waals surface area (Å²) in [4.78, 5) is 13.2. The highest BCUT2D eigenvalue weighted by Crippen LogP contribution is 2.31. The Morgan fingerprint density at radius 2 is 1.79 bits per heavy atom. The number of carbonyl (C=O) groups excluding carboxylic acids is 1. The van der Waals surface area contributed by atoms with Crippen LogP contribution in [0.25, 0.3) is 0 Å². The highest BCUT2D eigenvalue weighted by molar-refractivity contribution is 7.89. The SMILES string of the molecule is COc1ccc(C)cc1S(=O)(=O)N1CCC[C@@H](C(=O)Nc2cc(S(=O)(=O)N(C)C)ccc2C)C1. The van der Waals surface area contributed by atoms with Gasteiger partial charge < -0.3 is 10.1 Å². The first-order chi connectivity index (χ1) is 15.9. The van der Waals surface area contributed by atoms with Gasteiger partial charge in [-0.3, -0.25) is 4.79 Å². The molecule has 1 fully saturated rings. The second-order valence-corrected chi connectivity index (χ2v) is 12.7. The van der Waals surface area contributed by atoms with E-state index in [2.05, 4.69) is 5.32 Å². The van der Waals surface area contributed by atoms with Crippen molar-refractivity contribution in [2.24, 2.45) is 5.92 Å². The molecule has 1 aliphatic rings. The molecule has 0 bridgehead atoms. The number of methoxy groups -OCH3 is 1. The minimum absolute atomic E-state index is 0.0278. The number of sulfonamides is 2. The van der Waals surface area contributed by atoms with Crippen LogP contribution >= 0.6 is 0 Å². The summed E-state index contributed by atoms with van der Waals surface area (Å²) in [6, 6.07) is 9.51. The van der Waals surface area contributed by atoms with E-state index in [9.17, 15) is 21.6 Å². The molecule has 0 aromatic heterocycles. The molecular weight excluding hydrogens is 478 g/mol. The highest BCUT2D eigenvalue weighted by atomic mass is 32.2. The van der Waals surface area contributed by atoms with Crippen molar-refractivity contribution in [3.8, 4) is 5.75 Å². The minimum atomic E-state index is -3.87. The summed E-state index contributed by atoms with van der Waals surface area (Å²) in [7, 11) is -3.23. The van der Waals surface area contributed by atoms with Gasteiger partial charge in [-0.15, -0.1) is 0 Å². The van der Waals surface area contributed by atoms with Crippen molar-refractivity contribution in [1.82, 2.24) is 8.61 Å². The minimum Gasteiger partial charge on any atom is -0.495 e. The Bertz CT molecular complexity index is 1290. The van der Waals surface area contributed by atoms with E-state index in [0.717, 1.165) is 9.87 Å². The van der Waals surface area contributed by atoms with Gasteiger partial charge in [0.05, 0.1) is 17.9 Å². The van der Waals surface area contributed by atoms with Crippen LogP contribution in [0, 0.1) is 19.8 Å². The number of benzene rings is 2. The van der Waals surface area contributed by atoms with E-state index in [-0.39, 0.29) is 28.0 Å². The van der Waals surface area contributed by atoms with Crippen molar-refractivity contribution in [2.45, 2.75) is 36.5 Å². The highest BCUT2D eigenvalue weighted by Gasteiger charge is 2.35. The topological polar surface area (TPSA) is 113 Å². The van der Waals surface area contributed by atoms with E-state index in [1.165, 1.54) is 37.6 Å². The summed E-state index contributed by atoms with van der Waals surface area (Å²) in [5.74, 6) is -0.668. The molecule has 0 radical (unpaired) electrons. The van der Waals surface area contributed by atoms with Gasteiger partial charge in [-0.1, -0.05) is 12.1 Å². The van der Waals surface area contributed by atoms with Crippen molar-refractivity contribution in [3.63, 3.8) is 0 Å². The van der Waals surface area contributed by atoms with E-state index in [1.807, 2.05) is 0 Å². The zero-order valence-electron chi connectivity index (χ0n) is 20.0. The molecule has 0 unspecified atom stereocenters. The average Bonchev–Trinajstić information content (AvgIpc) is 2.80. The van der Waals surface area contributed by atoms with Gasteiger partial charge >= 0.3 is 0 Å². The van der Waals surface area contributed by atoms with Gasteiger partial charge in [0.2, 0.25) is 26.0 Å². The Balaban J connectivity index is 1.83. The lowest BCUT2D eigenvalue weighted by atomic mass is 9.98. The van der Waals surface area contributed by atoms with Crippen LogP contribution in [0.5, 0.6) is 5.75 Å². The summed E-state index contributed by atoms with van der Waals surface area (Å²) < 4.78 is 59.4. The number of hydrogen-bond acceptors (Lipinski definition) is 6. The number of aryl methyl sites for hydroxylation is 2. The second-order valence-electron chi connectivity index (χ2n) is 8.61. The second kappa shape index (κ2) is 10.0. The number of anilines is 1. The Kier molecular flexibility index (Phi) is 7.71. The lowest BCUT2D eigenvalue weighted by molar-refractivity contribution is -0.120. The third-order valence-electron chi connectivity index (χ3n) is 5.94. The number of piperidine rings is 1. The lowest BCUT2D eigenvalue weighted by Crippen LogP contribution is -2.43. The molecule has 9 nitrogen and oxygen atoms in total. The van der Waals surface area contributed by atoms with Gasteiger partial charge in [0.25, 0.3) is 0 Å². The van der Waals surface area contributed by atoms with Gasteiger partial charge in [0.1, 0.15) is 10.6 Å². The summed E-state index contributed by atoms with van der Waals surface area (Å²) in [5, 5.41) is 2.81. The van der Waals surface area contributed by atoms with E-state index in [0.29, 0.717) is 30.6 Å². The van der Waals surface area contributed by atoms with Gasteiger partial charge in [0.15, 0.2) is 0 Å². The first-order valence-corrected chi connectivity index (χ1v) is 13.7. The van der Waals surface area contributed by atoms with Crippen molar-refractivity contribution < 1.29 is 26.4 Å². The molecule has 2 aromatic carbocycles. The van der Waals surface area contributed by atoms with Crippen LogP contribution in [0.15, 0.2) is 46.2 Å². The third-order valence-corrected chi connectivity index (χ3v) is 9.63. The predicted octanol–water partition coefficient (Wildman–Crippen LogP) is 2.60. The van der Waals surface area contributed by atoms with Crippen LogP contribution in [-0.2, 0) is 24.8 Å². The van der Waals surface area contributed by atoms with Crippen LogP contribution in [0.2, 0.25) is 0 Å². The largest absolute Gasteiger partial charge is 0.495 e. The number of carbonyl (C=O) groups is 1. The summed E-state index contributed by atoms with van der Waals surface area (Å²) in [6.07, 6.45) is 1.05. The smallest absolute Gasteiger partial charge is 0.246 e. The van der Waals surface area contributed by atoms with Crippen LogP contribution in [0.3, 0.4) is 0 Å². The van der Waals surface area contributed by atoms with Crippen molar-refractivity contribution >= 4 is 31.6 Å². The quantitative estimate of drug-likeness (QED) is 0.614. The van der Waals surface area contributed by atoms with Crippen LogP contribution in [0.4, 0.5) is 5.69 Å². The molecule has 1 atom stereocenters. The van der Waals surface area contributed by atoms with Crippen molar-refractivity contribution in [1.29, 1.82) is 0 Å². The standard InChI is InChI=1S/C23H31N3O6S2/c1-16-8-11-21(32-5)22(13-16)34(30,31)26-12-6-7-18(15-26)23(27)24-20-14-19(10-9-17(20)2)33(28,29)25(3)4/h8-11,13-14,18H,6-7,12,15H2,1-5H3,(H,24,27)/t18-/m1/s1. The van der Waals surface area contributed by atoms with Crippen LogP contribution in [-0.4, -0.2) is 65.6 Å². The van der Waals surface area contributed by atoms with Gasteiger partial charge in [-0.2, -0.15) is 4.31 Å². The van der Waals surface area contributed by atoms with E-state index >= 15 is 0 Å². The number of rotatable bonds is 7. The monoisotopic (exact) mass is 509 g/mol. The fourth-order valence-electron chi connectivity index (χ4n) is 3.84. The molecule has 186 valence electrons. The normalized spacial score (nSPS) is 17.5. The number of amides is 1. The zero-order valence-corrected chi connectivity index (χ0v) is 21.7. The molecule has 1 aliphatic heterocycles. The van der Waals surface area contributed by atoms with E-state index < -0.39 is 26.0 Å². The fraction of sp³-hybridized carbons (Fsp3) is 0.435. The molecule has 1 heterocycles. The molecule has 34 heavy (non-hydrogen) atoms. The first kappa shape index (κ1) is 26.1. The van der Waals surface area contributed by atoms with Crippen molar-refractivity contribution in [2.75, 3.05) is 39.6 Å².